The first-order chi connectivity index (χ1) is 13.5. The highest BCUT2D eigenvalue weighted by Gasteiger charge is 2.24. The third-order valence-corrected chi connectivity index (χ3v) is 5.33. The summed E-state index contributed by atoms with van der Waals surface area (Å²) in [5, 5.41) is 3.43. The Morgan fingerprint density at radius 2 is 1.82 bits per heavy atom. The second kappa shape index (κ2) is 7.03. The quantitative estimate of drug-likeness (QED) is 0.741. The molecular weight excluding hydrogens is 356 g/mol. The minimum atomic E-state index is -0.409. The number of nitrogens with zero attached hydrogens (tertiary/aromatic N) is 1. The van der Waals surface area contributed by atoms with Gasteiger partial charge in [-0.1, -0.05) is 18.2 Å². The number of para-hydroxylation sites is 1. The van der Waals surface area contributed by atoms with Crippen molar-refractivity contribution in [3.05, 3.63) is 69.5 Å². The van der Waals surface area contributed by atoms with Gasteiger partial charge in [0.2, 0.25) is 5.43 Å². The van der Waals surface area contributed by atoms with Crippen molar-refractivity contribution in [3.63, 3.8) is 0 Å². The van der Waals surface area contributed by atoms with Gasteiger partial charge in [-0.05, 0) is 37.1 Å². The van der Waals surface area contributed by atoms with Gasteiger partial charge in [-0.15, -0.1) is 0 Å². The Labute approximate surface area is 162 Å². The molecule has 0 fully saturated rings. The van der Waals surface area contributed by atoms with E-state index in [1.54, 1.807) is 38.6 Å². The molecule has 2 aromatic carbocycles. The van der Waals surface area contributed by atoms with E-state index in [1.165, 1.54) is 0 Å². The molecule has 1 amide bonds. The molecule has 0 spiro atoms. The van der Waals surface area contributed by atoms with Crippen LogP contribution in [0.1, 0.15) is 34.5 Å². The summed E-state index contributed by atoms with van der Waals surface area (Å²) in [7, 11) is 3.13. The van der Waals surface area contributed by atoms with Crippen LogP contribution >= 0.6 is 0 Å². The average molecular weight is 378 g/mol. The lowest BCUT2D eigenvalue weighted by atomic mass is 10.1. The number of amides is 1. The molecular formula is C22H22N2O4. The summed E-state index contributed by atoms with van der Waals surface area (Å²) in [5.41, 5.74) is 2.71. The monoisotopic (exact) mass is 378 g/mol. The van der Waals surface area contributed by atoms with Gasteiger partial charge >= 0.3 is 0 Å². The highest BCUT2D eigenvalue weighted by Crippen LogP contribution is 2.31. The molecule has 0 saturated heterocycles. The molecule has 1 aliphatic heterocycles. The van der Waals surface area contributed by atoms with Crippen LogP contribution in [0, 0.1) is 0 Å². The van der Waals surface area contributed by atoms with E-state index in [0.717, 1.165) is 23.1 Å². The van der Waals surface area contributed by atoms with Gasteiger partial charge in [0, 0.05) is 17.6 Å². The number of carbonyl (C=O) groups excluding carboxylic acids is 1. The van der Waals surface area contributed by atoms with Gasteiger partial charge in [-0.25, -0.2) is 0 Å². The van der Waals surface area contributed by atoms with Crippen molar-refractivity contribution >= 4 is 16.8 Å². The Balaban J connectivity index is 1.69. The number of ether oxygens (including phenoxy) is 2. The van der Waals surface area contributed by atoms with Crippen LogP contribution in [0.3, 0.4) is 0 Å². The molecule has 2 heterocycles. The Bertz CT molecular complexity index is 1110. The summed E-state index contributed by atoms with van der Waals surface area (Å²) in [4.78, 5) is 25.8. The molecule has 0 bridgehead atoms. The lowest BCUT2D eigenvalue weighted by molar-refractivity contribution is 0.0948. The molecule has 0 saturated carbocycles. The summed E-state index contributed by atoms with van der Waals surface area (Å²) in [6.07, 6.45) is 2.54. The third-order valence-electron chi connectivity index (χ3n) is 5.33. The molecule has 0 radical (unpaired) electrons. The highest BCUT2D eigenvalue weighted by molar-refractivity contribution is 5.98. The number of carbonyl (C=O) groups is 1. The molecule has 1 aromatic heterocycles. The lowest BCUT2D eigenvalue weighted by Crippen LogP contribution is -2.29. The van der Waals surface area contributed by atoms with Crippen molar-refractivity contribution in [1.82, 2.24) is 9.88 Å². The fourth-order valence-electron chi connectivity index (χ4n) is 3.94. The number of nitrogens with one attached hydrogen (secondary N) is 1. The van der Waals surface area contributed by atoms with Crippen molar-refractivity contribution in [3.8, 4) is 11.5 Å². The molecule has 1 N–H and O–H groups in total. The Hall–Kier alpha value is -3.28. The van der Waals surface area contributed by atoms with Crippen molar-refractivity contribution in [2.45, 2.75) is 25.9 Å². The molecule has 4 rings (SSSR count). The number of hydrogen-bond acceptors (Lipinski definition) is 4. The van der Waals surface area contributed by atoms with Crippen molar-refractivity contribution in [2.75, 3.05) is 14.2 Å². The normalized spacial score (nSPS) is 14.9. The first-order valence-corrected chi connectivity index (χ1v) is 9.20. The smallest absolute Gasteiger partial charge is 0.257 e. The fraction of sp³-hybridized carbons (Fsp3) is 0.273. The summed E-state index contributed by atoms with van der Waals surface area (Å²) >= 11 is 0. The predicted octanol–water partition coefficient (Wildman–Crippen LogP) is 3.07. The number of hydrogen-bond donors (Lipinski definition) is 1. The summed E-state index contributed by atoms with van der Waals surface area (Å²) < 4.78 is 12.8. The maximum atomic E-state index is 12.9. The van der Waals surface area contributed by atoms with E-state index in [9.17, 15) is 9.59 Å². The van der Waals surface area contributed by atoms with Crippen LogP contribution in [-0.2, 0) is 13.0 Å². The Morgan fingerprint density at radius 1 is 1.14 bits per heavy atom. The molecule has 0 unspecified atom stereocenters. The molecule has 144 valence electrons. The zero-order valence-electron chi connectivity index (χ0n) is 16.1. The molecule has 0 aliphatic carbocycles. The average Bonchev–Trinajstić information content (AvgIpc) is 3.04. The SMILES string of the molecule is COc1cccc(OC)c1CNC(=O)c1cn2c3c(cccc3c1=O)C[C@@H]2C. The van der Waals surface area contributed by atoms with Gasteiger partial charge in [0.15, 0.2) is 0 Å². The summed E-state index contributed by atoms with van der Waals surface area (Å²) in [6.45, 7) is 2.28. The number of benzene rings is 2. The Morgan fingerprint density at radius 3 is 2.50 bits per heavy atom. The van der Waals surface area contributed by atoms with Crippen LogP contribution in [0.4, 0.5) is 0 Å². The van der Waals surface area contributed by atoms with Crippen molar-refractivity contribution in [1.29, 1.82) is 0 Å². The van der Waals surface area contributed by atoms with E-state index in [0.29, 0.717) is 16.9 Å². The minimum Gasteiger partial charge on any atom is -0.496 e. The van der Waals surface area contributed by atoms with Crippen molar-refractivity contribution < 1.29 is 14.3 Å². The molecule has 6 nitrogen and oxygen atoms in total. The van der Waals surface area contributed by atoms with E-state index >= 15 is 0 Å². The first kappa shape index (κ1) is 18.1. The van der Waals surface area contributed by atoms with Gasteiger partial charge in [0.25, 0.3) is 5.91 Å². The van der Waals surface area contributed by atoms with E-state index in [-0.39, 0.29) is 23.6 Å². The second-order valence-electron chi connectivity index (χ2n) is 6.97. The maximum Gasteiger partial charge on any atom is 0.257 e. The zero-order valence-corrected chi connectivity index (χ0v) is 16.1. The van der Waals surface area contributed by atoms with Gasteiger partial charge in [0.1, 0.15) is 17.1 Å². The number of rotatable bonds is 5. The number of pyridine rings is 1. The maximum absolute atomic E-state index is 12.9. The summed E-state index contributed by atoms with van der Waals surface area (Å²) in [6, 6.07) is 11.3. The van der Waals surface area contributed by atoms with Gasteiger partial charge in [0.05, 0.1) is 31.8 Å². The van der Waals surface area contributed by atoms with Crippen LogP contribution in [-0.4, -0.2) is 24.7 Å². The predicted molar refractivity (Wildman–Crippen MR) is 107 cm³/mol. The van der Waals surface area contributed by atoms with Gasteiger partial charge in [-0.3, -0.25) is 9.59 Å². The zero-order chi connectivity index (χ0) is 19.8. The van der Waals surface area contributed by atoms with Crippen LogP contribution in [0.2, 0.25) is 0 Å². The van der Waals surface area contributed by atoms with Gasteiger partial charge < -0.3 is 19.4 Å². The largest absolute Gasteiger partial charge is 0.496 e. The van der Waals surface area contributed by atoms with Crippen molar-refractivity contribution in [2.24, 2.45) is 0 Å². The standard InChI is InChI=1S/C22H22N2O4/c1-13-10-14-6-4-7-15-20(14)24(13)12-17(21(15)25)22(26)23-11-16-18(27-2)8-5-9-19(16)28-3/h4-9,12-13H,10-11H2,1-3H3,(H,23,26)/t13-/m0/s1. The number of aromatic nitrogens is 1. The van der Waals surface area contributed by atoms with Gasteiger partial charge in [-0.2, -0.15) is 0 Å². The minimum absolute atomic E-state index is 0.146. The van der Waals surface area contributed by atoms with Crippen LogP contribution in [0.5, 0.6) is 11.5 Å². The lowest BCUT2D eigenvalue weighted by Gasteiger charge is -2.15. The molecule has 1 atom stereocenters. The third kappa shape index (κ3) is 2.81. The van der Waals surface area contributed by atoms with Crippen LogP contribution in [0.25, 0.3) is 10.9 Å². The van der Waals surface area contributed by atoms with E-state index < -0.39 is 5.91 Å². The van der Waals surface area contributed by atoms with E-state index in [1.807, 2.05) is 22.8 Å². The van der Waals surface area contributed by atoms with E-state index in [2.05, 4.69) is 12.2 Å². The second-order valence-corrected chi connectivity index (χ2v) is 6.97. The molecule has 1 aliphatic rings. The summed E-state index contributed by atoms with van der Waals surface area (Å²) in [5.74, 6) is 0.826. The topological polar surface area (TPSA) is 69.6 Å². The Kier molecular flexibility index (Phi) is 4.55. The van der Waals surface area contributed by atoms with E-state index in [4.69, 9.17) is 9.47 Å². The fourth-order valence-corrected chi connectivity index (χ4v) is 3.94. The molecule has 6 heteroatoms. The molecule has 3 aromatic rings. The van der Waals surface area contributed by atoms with Crippen LogP contribution in [0.15, 0.2) is 47.4 Å². The highest BCUT2D eigenvalue weighted by atomic mass is 16.5. The molecule has 28 heavy (non-hydrogen) atoms. The number of methoxy groups -OCH3 is 2. The first-order valence-electron chi connectivity index (χ1n) is 9.20. The van der Waals surface area contributed by atoms with Crippen LogP contribution < -0.4 is 20.2 Å².